The van der Waals surface area contributed by atoms with Gasteiger partial charge in [-0.2, -0.15) is 0 Å². The molecule has 0 aliphatic carbocycles. The van der Waals surface area contributed by atoms with Crippen LogP contribution in [-0.2, 0) is 13.1 Å². The summed E-state index contributed by atoms with van der Waals surface area (Å²) >= 11 is 0. The van der Waals surface area contributed by atoms with Crippen molar-refractivity contribution in [3.8, 4) is 5.75 Å². The monoisotopic (exact) mass is 247 g/mol. The first kappa shape index (κ1) is 12.5. The zero-order chi connectivity index (χ0) is 12.6. The van der Waals surface area contributed by atoms with Crippen molar-refractivity contribution in [3.05, 3.63) is 36.4 Å². The molecule has 0 bridgehead atoms. The SMILES string of the molecule is CCNCc1cn(CCOc2cccnc2)nn1. The van der Waals surface area contributed by atoms with E-state index in [1.165, 1.54) is 0 Å². The summed E-state index contributed by atoms with van der Waals surface area (Å²) in [6, 6.07) is 3.73. The Bertz CT molecular complexity index is 457. The number of hydrogen-bond donors (Lipinski definition) is 1. The Morgan fingerprint density at radius 2 is 2.39 bits per heavy atom. The molecule has 6 heteroatoms. The Balaban J connectivity index is 1.75. The summed E-state index contributed by atoms with van der Waals surface area (Å²) in [4.78, 5) is 3.98. The van der Waals surface area contributed by atoms with E-state index in [0.717, 1.165) is 24.5 Å². The molecule has 0 radical (unpaired) electrons. The molecule has 2 aromatic rings. The highest BCUT2D eigenvalue weighted by Gasteiger charge is 2.00. The van der Waals surface area contributed by atoms with E-state index in [9.17, 15) is 0 Å². The maximum atomic E-state index is 5.53. The zero-order valence-electron chi connectivity index (χ0n) is 10.4. The minimum absolute atomic E-state index is 0.551. The predicted octanol–water partition coefficient (Wildman–Crippen LogP) is 0.862. The van der Waals surface area contributed by atoms with Gasteiger partial charge in [0, 0.05) is 18.9 Å². The van der Waals surface area contributed by atoms with Crippen LogP contribution < -0.4 is 10.1 Å². The average molecular weight is 247 g/mol. The highest BCUT2D eigenvalue weighted by atomic mass is 16.5. The van der Waals surface area contributed by atoms with Gasteiger partial charge in [0.15, 0.2) is 0 Å². The molecule has 0 atom stereocenters. The lowest BCUT2D eigenvalue weighted by molar-refractivity contribution is 0.288. The van der Waals surface area contributed by atoms with Crippen LogP contribution in [0.2, 0.25) is 0 Å². The summed E-state index contributed by atoms with van der Waals surface area (Å²) in [6.45, 7) is 4.97. The third-order valence-corrected chi connectivity index (χ3v) is 2.37. The summed E-state index contributed by atoms with van der Waals surface area (Å²) in [5, 5.41) is 11.3. The Kier molecular flexibility index (Phi) is 4.66. The van der Waals surface area contributed by atoms with E-state index >= 15 is 0 Å². The van der Waals surface area contributed by atoms with Crippen LogP contribution in [0.5, 0.6) is 5.75 Å². The Morgan fingerprint density at radius 1 is 1.44 bits per heavy atom. The maximum absolute atomic E-state index is 5.53. The van der Waals surface area contributed by atoms with Gasteiger partial charge in [-0.05, 0) is 18.7 Å². The molecular formula is C12H17N5O. The Hall–Kier alpha value is -1.95. The highest BCUT2D eigenvalue weighted by Crippen LogP contribution is 2.05. The van der Waals surface area contributed by atoms with E-state index in [4.69, 9.17) is 4.74 Å². The molecule has 2 aromatic heterocycles. The third-order valence-electron chi connectivity index (χ3n) is 2.37. The zero-order valence-corrected chi connectivity index (χ0v) is 10.4. The van der Waals surface area contributed by atoms with E-state index in [2.05, 4.69) is 27.5 Å². The molecule has 0 unspecified atom stereocenters. The van der Waals surface area contributed by atoms with E-state index in [0.29, 0.717) is 13.2 Å². The van der Waals surface area contributed by atoms with Crippen molar-refractivity contribution in [2.75, 3.05) is 13.2 Å². The molecule has 1 N–H and O–H groups in total. The van der Waals surface area contributed by atoms with E-state index in [1.807, 2.05) is 18.3 Å². The van der Waals surface area contributed by atoms with Crippen molar-refractivity contribution in [2.45, 2.75) is 20.0 Å². The van der Waals surface area contributed by atoms with Gasteiger partial charge in [-0.3, -0.25) is 4.98 Å². The maximum Gasteiger partial charge on any atom is 0.137 e. The minimum Gasteiger partial charge on any atom is -0.490 e. The lowest BCUT2D eigenvalue weighted by Gasteiger charge is -2.04. The minimum atomic E-state index is 0.551. The highest BCUT2D eigenvalue weighted by molar-refractivity contribution is 5.15. The largest absolute Gasteiger partial charge is 0.490 e. The standard InChI is InChI=1S/C12H17N5O/c1-2-13-8-11-10-17(16-15-11)6-7-18-12-4-3-5-14-9-12/h3-5,9-10,13H,2,6-8H2,1H3. The number of ether oxygens (including phenoxy) is 1. The number of rotatable bonds is 7. The fraction of sp³-hybridized carbons (Fsp3) is 0.417. The quantitative estimate of drug-likeness (QED) is 0.786. The van der Waals surface area contributed by atoms with Crippen LogP contribution >= 0.6 is 0 Å². The summed E-state index contributed by atoms with van der Waals surface area (Å²) in [5.74, 6) is 0.769. The number of aromatic nitrogens is 4. The number of nitrogens with one attached hydrogen (secondary N) is 1. The lowest BCUT2D eigenvalue weighted by atomic mass is 10.4. The summed E-state index contributed by atoms with van der Waals surface area (Å²) in [5.41, 5.74) is 0.943. The molecule has 0 spiro atoms. The van der Waals surface area contributed by atoms with Gasteiger partial charge >= 0.3 is 0 Å². The number of nitrogens with zero attached hydrogens (tertiary/aromatic N) is 4. The van der Waals surface area contributed by atoms with Gasteiger partial charge in [-0.15, -0.1) is 5.10 Å². The Morgan fingerprint density at radius 3 is 3.17 bits per heavy atom. The fourth-order valence-electron chi connectivity index (χ4n) is 1.47. The van der Waals surface area contributed by atoms with Gasteiger partial charge in [0.25, 0.3) is 0 Å². The molecule has 0 fully saturated rings. The lowest BCUT2D eigenvalue weighted by Crippen LogP contribution is -2.12. The van der Waals surface area contributed by atoms with Crippen LogP contribution in [0, 0.1) is 0 Å². The second-order valence-electron chi connectivity index (χ2n) is 3.79. The van der Waals surface area contributed by atoms with Gasteiger partial charge in [-0.1, -0.05) is 12.1 Å². The van der Waals surface area contributed by atoms with Crippen molar-refractivity contribution in [3.63, 3.8) is 0 Å². The molecule has 6 nitrogen and oxygen atoms in total. The first-order valence-corrected chi connectivity index (χ1v) is 6.01. The summed E-state index contributed by atoms with van der Waals surface area (Å²) in [6.07, 6.45) is 5.34. The molecule has 2 rings (SSSR count). The van der Waals surface area contributed by atoms with Crippen LogP contribution in [0.25, 0.3) is 0 Å². The van der Waals surface area contributed by atoms with Crippen molar-refractivity contribution in [1.82, 2.24) is 25.3 Å². The average Bonchev–Trinajstić information content (AvgIpc) is 2.85. The first-order valence-electron chi connectivity index (χ1n) is 6.01. The first-order chi connectivity index (χ1) is 8.88. The van der Waals surface area contributed by atoms with Gasteiger partial charge in [-0.25, -0.2) is 4.68 Å². The number of hydrogen-bond acceptors (Lipinski definition) is 5. The van der Waals surface area contributed by atoms with Crippen LogP contribution in [0.15, 0.2) is 30.7 Å². The molecule has 18 heavy (non-hydrogen) atoms. The summed E-state index contributed by atoms with van der Waals surface area (Å²) < 4.78 is 7.31. The molecule has 0 aliphatic heterocycles. The topological polar surface area (TPSA) is 64.9 Å². The van der Waals surface area contributed by atoms with Crippen LogP contribution in [0.4, 0.5) is 0 Å². The van der Waals surface area contributed by atoms with Gasteiger partial charge in [0.2, 0.25) is 0 Å². The predicted molar refractivity (Wildman–Crippen MR) is 67.1 cm³/mol. The number of pyridine rings is 1. The molecule has 2 heterocycles. The molecule has 0 aromatic carbocycles. The van der Waals surface area contributed by atoms with Crippen molar-refractivity contribution in [1.29, 1.82) is 0 Å². The normalized spacial score (nSPS) is 10.5. The van der Waals surface area contributed by atoms with E-state index in [1.54, 1.807) is 17.1 Å². The smallest absolute Gasteiger partial charge is 0.137 e. The van der Waals surface area contributed by atoms with Crippen LogP contribution in [0.3, 0.4) is 0 Å². The van der Waals surface area contributed by atoms with E-state index in [-0.39, 0.29) is 0 Å². The third kappa shape index (κ3) is 3.81. The summed E-state index contributed by atoms with van der Waals surface area (Å²) in [7, 11) is 0. The Labute approximate surface area is 106 Å². The second-order valence-corrected chi connectivity index (χ2v) is 3.79. The molecular weight excluding hydrogens is 230 g/mol. The fourth-order valence-corrected chi connectivity index (χ4v) is 1.47. The molecule has 0 saturated heterocycles. The van der Waals surface area contributed by atoms with Gasteiger partial charge in [0.05, 0.1) is 18.4 Å². The molecule has 0 saturated carbocycles. The van der Waals surface area contributed by atoms with Crippen molar-refractivity contribution in [2.24, 2.45) is 0 Å². The van der Waals surface area contributed by atoms with E-state index < -0.39 is 0 Å². The molecule has 0 aliphatic rings. The van der Waals surface area contributed by atoms with Gasteiger partial charge in [0.1, 0.15) is 12.4 Å². The van der Waals surface area contributed by atoms with Gasteiger partial charge < -0.3 is 10.1 Å². The molecule has 96 valence electrons. The second kappa shape index (κ2) is 6.70. The van der Waals surface area contributed by atoms with Crippen LogP contribution in [0.1, 0.15) is 12.6 Å². The van der Waals surface area contributed by atoms with Crippen LogP contribution in [-0.4, -0.2) is 33.1 Å². The van der Waals surface area contributed by atoms with Crippen molar-refractivity contribution < 1.29 is 4.74 Å². The molecule has 0 amide bonds. The van der Waals surface area contributed by atoms with Crippen molar-refractivity contribution >= 4 is 0 Å².